The summed E-state index contributed by atoms with van der Waals surface area (Å²) in [6, 6.07) is 14.7. The molecule has 0 spiro atoms. The molecule has 7 nitrogen and oxygen atoms in total. The molecule has 0 bridgehead atoms. The van der Waals surface area contributed by atoms with Gasteiger partial charge in [0.1, 0.15) is 0 Å². The highest BCUT2D eigenvalue weighted by molar-refractivity contribution is 7.86. The topological polar surface area (TPSA) is 92.8 Å². The summed E-state index contributed by atoms with van der Waals surface area (Å²) >= 11 is 0. The second kappa shape index (κ2) is 10.1. The van der Waals surface area contributed by atoms with E-state index in [2.05, 4.69) is 10.2 Å². The van der Waals surface area contributed by atoms with Crippen molar-refractivity contribution in [2.24, 2.45) is 5.92 Å². The third-order valence-corrected chi connectivity index (χ3v) is 7.92. The maximum atomic E-state index is 12.3. The number of anilines is 1. The molecule has 176 valence electrons. The lowest BCUT2D eigenvalue weighted by Gasteiger charge is -2.34. The van der Waals surface area contributed by atoms with E-state index in [1.54, 1.807) is 24.3 Å². The van der Waals surface area contributed by atoms with E-state index in [1.165, 1.54) is 0 Å². The summed E-state index contributed by atoms with van der Waals surface area (Å²) in [5.74, 6) is -0.254. The Kier molecular flexibility index (Phi) is 7.14. The SMILES string of the molecule is Cc1ccc(S(=O)(=O)OCCC2CCN(c3ccc([C@@H]4CCC(=O)NC4=O)cc3)CC2)cc1. The van der Waals surface area contributed by atoms with Gasteiger partial charge in [0, 0.05) is 25.2 Å². The van der Waals surface area contributed by atoms with Crippen molar-refractivity contribution in [1.82, 2.24) is 5.32 Å². The molecule has 0 saturated carbocycles. The van der Waals surface area contributed by atoms with Crippen LogP contribution in [0, 0.1) is 12.8 Å². The fourth-order valence-electron chi connectivity index (χ4n) is 4.51. The Morgan fingerprint density at radius 1 is 0.970 bits per heavy atom. The van der Waals surface area contributed by atoms with Gasteiger partial charge in [-0.3, -0.25) is 19.1 Å². The molecule has 0 unspecified atom stereocenters. The second-order valence-corrected chi connectivity index (χ2v) is 10.5. The van der Waals surface area contributed by atoms with E-state index in [4.69, 9.17) is 4.18 Å². The minimum absolute atomic E-state index is 0.196. The van der Waals surface area contributed by atoms with Crippen molar-refractivity contribution in [2.75, 3.05) is 24.6 Å². The van der Waals surface area contributed by atoms with Gasteiger partial charge in [0.15, 0.2) is 0 Å². The van der Waals surface area contributed by atoms with Gasteiger partial charge in [0.25, 0.3) is 10.1 Å². The Morgan fingerprint density at radius 2 is 1.64 bits per heavy atom. The predicted octanol–water partition coefficient (Wildman–Crippen LogP) is 3.53. The highest BCUT2D eigenvalue weighted by Crippen LogP contribution is 2.29. The predicted molar refractivity (Wildman–Crippen MR) is 125 cm³/mol. The second-order valence-electron chi connectivity index (χ2n) is 8.90. The van der Waals surface area contributed by atoms with Crippen LogP contribution in [0.5, 0.6) is 0 Å². The first kappa shape index (κ1) is 23.4. The van der Waals surface area contributed by atoms with Gasteiger partial charge >= 0.3 is 0 Å². The average molecular weight is 471 g/mol. The lowest BCUT2D eigenvalue weighted by molar-refractivity contribution is -0.134. The number of nitrogens with one attached hydrogen (secondary N) is 1. The highest BCUT2D eigenvalue weighted by Gasteiger charge is 2.28. The molecule has 2 aliphatic heterocycles. The van der Waals surface area contributed by atoms with E-state index in [0.717, 1.165) is 42.7 Å². The van der Waals surface area contributed by atoms with Gasteiger partial charge in [-0.1, -0.05) is 29.8 Å². The first-order chi connectivity index (χ1) is 15.8. The largest absolute Gasteiger partial charge is 0.372 e. The Bertz CT molecular complexity index is 1090. The molecular weight excluding hydrogens is 440 g/mol. The smallest absolute Gasteiger partial charge is 0.296 e. The molecular formula is C25H30N2O5S. The average Bonchev–Trinajstić information content (AvgIpc) is 2.80. The van der Waals surface area contributed by atoms with E-state index >= 15 is 0 Å². The van der Waals surface area contributed by atoms with Crippen LogP contribution >= 0.6 is 0 Å². The van der Waals surface area contributed by atoms with Crippen LogP contribution < -0.4 is 10.2 Å². The standard InChI is InChI=1S/C25H30N2O5S/c1-18-2-8-22(9-3-18)33(30,31)32-17-14-19-12-15-27(16-13-19)21-6-4-20(5-7-21)23-10-11-24(28)26-25(23)29/h2-9,19,23H,10-17H2,1H3,(H,26,28,29)/t23-/m0/s1. The van der Waals surface area contributed by atoms with Crippen molar-refractivity contribution in [3.8, 4) is 0 Å². The Balaban J connectivity index is 1.24. The number of hydrogen-bond acceptors (Lipinski definition) is 6. The molecule has 1 atom stereocenters. The molecule has 2 aliphatic rings. The monoisotopic (exact) mass is 470 g/mol. The number of hydrogen-bond donors (Lipinski definition) is 1. The Labute approximate surface area is 195 Å². The summed E-state index contributed by atoms with van der Waals surface area (Å²) < 4.78 is 29.9. The van der Waals surface area contributed by atoms with Crippen LogP contribution in [0.4, 0.5) is 5.69 Å². The molecule has 2 amide bonds. The van der Waals surface area contributed by atoms with Crippen LogP contribution in [0.25, 0.3) is 0 Å². The lowest BCUT2D eigenvalue weighted by atomic mass is 9.90. The summed E-state index contributed by atoms with van der Waals surface area (Å²) in [7, 11) is -3.71. The van der Waals surface area contributed by atoms with Gasteiger partial charge in [-0.2, -0.15) is 8.42 Å². The van der Waals surface area contributed by atoms with Gasteiger partial charge < -0.3 is 4.90 Å². The minimum atomic E-state index is -3.71. The number of carbonyl (C=O) groups is 2. The molecule has 2 fully saturated rings. The van der Waals surface area contributed by atoms with Crippen molar-refractivity contribution in [2.45, 2.75) is 49.8 Å². The molecule has 2 aromatic carbocycles. The summed E-state index contributed by atoms with van der Waals surface area (Å²) in [6.07, 6.45) is 3.60. The van der Waals surface area contributed by atoms with E-state index in [0.29, 0.717) is 25.2 Å². The van der Waals surface area contributed by atoms with Gasteiger partial charge in [0.2, 0.25) is 11.8 Å². The van der Waals surface area contributed by atoms with Crippen LogP contribution in [0.2, 0.25) is 0 Å². The number of nitrogens with zero attached hydrogens (tertiary/aromatic N) is 1. The van der Waals surface area contributed by atoms with E-state index in [1.807, 2.05) is 31.2 Å². The molecule has 2 saturated heterocycles. The molecule has 0 aliphatic carbocycles. The fourth-order valence-corrected chi connectivity index (χ4v) is 5.43. The maximum Gasteiger partial charge on any atom is 0.296 e. The number of rotatable bonds is 7. The molecule has 2 aromatic rings. The minimum Gasteiger partial charge on any atom is -0.372 e. The molecule has 0 aromatic heterocycles. The highest BCUT2D eigenvalue weighted by atomic mass is 32.2. The van der Waals surface area contributed by atoms with Crippen molar-refractivity contribution >= 4 is 27.6 Å². The first-order valence-corrected chi connectivity index (χ1v) is 12.9. The molecule has 8 heteroatoms. The van der Waals surface area contributed by atoms with Gasteiger partial charge in [0.05, 0.1) is 17.4 Å². The number of imide groups is 1. The quantitative estimate of drug-likeness (QED) is 0.492. The van der Waals surface area contributed by atoms with Crippen LogP contribution in [0.1, 0.15) is 49.1 Å². The summed E-state index contributed by atoms with van der Waals surface area (Å²) in [6.45, 7) is 3.90. The Hall–Kier alpha value is -2.71. The van der Waals surface area contributed by atoms with Crippen LogP contribution in [0.3, 0.4) is 0 Å². The number of amides is 2. The van der Waals surface area contributed by atoms with Crippen molar-refractivity contribution in [1.29, 1.82) is 0 Å². The number of benzene rings is 2. The third kappa shape index (κ3) is 5.81. The first-order valence-electron chi connectivity index (χ1n) is 11.5. The van der Waals surface area contributed by atoms with Crippen LogP contribution in [-0.2, 0) is 23.9 Å². The summed E-state index contributed by atoms with van der Waals surface area (Å²) in [4.78, 5) is 25.9. The van der Waals surface area contributed by atoms with E-state index in [-0.39, 0.29) is 29.2 Å². The van der Waals surface area contributed by atoms with Gasteiger partial charge in [-0.15, -0.1) is 0 Å². The fraction of sp³-hybridized carbons (Fsp3) is 0.440. The third-order valence-electron chi connectivity index (χ3n) is 6.59. The van der Waals surface area contributed by atoms with Crippen LogP contribution in [0.15, 0.2) is 53.4 Å². The zero-order valence-corrected chi connectivity index (χ0v) is 19.6. The Morgan fingerprint density at radius 3 is 2.27 bits per heavy atom. The number of piperidine rings is 2. The summed E-state index contributed by atoms with van der Waals surface area (Å²) in [5.41, 5.74) is 3.06. The van der Waals surface area contributed by atoms with Gasteiger partial charge in [-0.05, 0) is 68.4 Å². The zero-order chi connectivity index (χ0) is 23.4. The van der Waals surface area contributed by atoms with E-state index < -0.39 is 10.1 Å². The van der Waals surface area contributed by atoms with Gasteiger partial charge in [-0.25, -0.2) is 0 Å². The van der Waals surface area contributed by atoms with Crippen molar-refractivity contribution in [3.63, 3.8) is 0 Å². The molecule has 0 radical (unpaired) electrons. The maximum absolute atomic E-state index is 12.3. The molecule has 4 rings (SSSR count). The van der Waals surface area contributed by atoms with E-state index in [9.17, 15) is 18.0 Å². The molecule has 2 heterocycles. The normalized spacial score (nSPS) is 20.0. The van der Waals surface area contributed by atoms with Crippen molar-refractivity contribution in [3.05, 3.63) is 59.7 Å². The summed E-state index contributed by atoms with van der Waals surface area (Å²) in [5, 5.41) is 2.41. The molecule has 1 N–H and O–H groups in total. The number of carbonyl (C=O) groups excluding carboxylic acids is 2. The van der Waals surface area contributed by atoms with Crippen LogP contribution in [-0.4, -0.2) is 39.9 Å². The lowest BCUT2D eigenvalue weighted by Crippen LogP contribution is -2.39. The van der Waals surface area contributed by atoms with Crippen molar-refractivity contribution < 1.29 is 22.2 Å². The zero-order valence-electron chi connectivity index (χ0n) is 18.8. The molecule has 33 heavy (non-hydrogen) atoms. The number of aryl methyl sites for hydroxylation is 1.